The summed E-state index contributed by atoms with van der Waals surface area (Å²) in [6.45, 7) is 13.2. The minimum absolute atomic E-state index is 0.171. The van der Waals surface area contributed by atoms with Crippen LogP contribution in [0.15, 0.2) is 35.7 Å². The van der Waals surface area contributed by atoms with E-state index in [-0.39, 0.29) is 21.9 Å². The number of amides is 3. The standard InChI is InChI=1S/C25H34N2O9S2Si/c1-14(36-39(8,9)25(3,4)5)18-22(30)26(19(24(31)34-6)15(2)35-38(7,32)33)23(18)37-27-20(28)16-12-10-11-13-17(16)21(27)29/h10-14,18,23H,1-9H3/b19-15-/t14-,18+,23-/m1/s1. The summed E-state index contributed by atoms with van der Waals surface area (Å²) in [5, 5.41) is -1.16. The van der Waals surface area contributed by atoms with Gasteiger partial charge >= 0.3 is 16.1 Å². The van der Waals surface area contributed by atoms with Crippen LogP contribution in [0.2, 0.25) is 18.1 Å². The van der Waals surface area contributed by atoms with Crippen molar-refractivity contribution < 1.29 is 40.9 Å². The van der Waals surface area contributed by atoms with Crippen LogP contribution in [0.5, 0.6) is 0 Å². The molecule has 0 saturated carbocycles. The molecule has 0 aromatic heterocycles. The summed E-state index contributed by atoms with van der Waals surface area (Å²) in [6, 6.07) is 6.34. The number of nitrogens with zero attached hydrogens (tertiary/aromatic N) is 2. The summed E-state index contributed by atoms with van der Waals surface area (Å²) in [7, 11) is -5.34. The second kappa shape index (κ2) is 10.7. The first kappa shape index (κ1) is 30.9. The van der Waals surface area contributed by atoms with E-state index in [0.717, 1.165) is 34.5 Å². The maximum atomic E-state index is 13.6. The molecule has 1 fully saturated rings. The number of methoxy groups -OCH3 is 1. The number of hydrogen-bond acceptors (Lipinski definition) is 10. The van der Waals surface area contributed by atoms with E-state index in [1.54, 1.807) is 19.1 Å². The van der Waals surface area contributed by atoms with Crippen LogP contribution in [0.1, 0.15) is 55.3 Å². The van der Waals surface area contributed by atoms with Crippen molar-refractivity contribution in [3.63, 3.8) is 0 Å². The molecule has 1 aromatic rings. The van der Waals surface area contributed by atoms with Crippen molar-refractivity contribution in [2.75, 3.05) is 13.4 Å². The van der Waals surface area contributed by atoms with E-state index in [2.05, 4.69) is 20.8 Å². The predicted molar refractivity (Wildman–Crippen MR) is 147 cm³/mol. The molecule has 0 aliphatic carbocycles. The lowest BCUT2D eigenvalue weighted by Crippen LogP contribution is -2.65. The molecule has 3 rings (SSSR count). The van der Waals surface area contributed by atoms with E-state index in [0.29, 0.717) is 0 Å². The Kier molecular flexibility index (Phi) is 8.47. The fourth-order valence-electron chi connectivity index (χ4n) is 4.13. The van der Waals surface area contributed by atoms with Gasteiger partial charge in [0.15, 0.2) is 14.0 Å². The van der Waals surface area contributed by atoms with Gasteiger partial charge in [-0.05, 0) is 56.1 Å². The molecule has 3 atom stereocenters. The summed E-state index contributed by atoms with van der Waals surface area (Å²) < 4.78 is 40.9. The monoisotopic (exact) mass is 598 g/mol. The van der Waals surface area contributed by atoms with Gasteiger partial charge < -0.3 is 13.3 Å². The molecule has 3 amide bonds. The second-order valence-electron chi connectivity index (χ2n) is 10.9. The second-order valence-corrected chi connectivity index (χ2v) is 18.3. The van der Waals surface area contributed by atoms with E-state index in [4.69, 9.17) is 13.3 Å². The molecule has 2 aliphatic rings. The summed E-state index contributed by atoms with van der Waals surface area (Å²) >= 11 is 0.768. The van der Waals surface area contributed by atoms with Crippen LogP contribution in [0.3, 0.4) is 0 Å². The molecule has 1 aromatic carbocycles. The van der Waals surface area contributed by atoms with Crippen molar-refractivity contribution in [3.8, 4) is 0 Å². The number of esters is 1. The first-order chi connectivity index (χ1) is 17.8. The number of imide groups is 1. The third-order valence-electron chi connectivity index (χ3n) is 7.08. The molecule has 14 heteroatoms. The van der Waals surface area contributed by atoms with Gasteiger partial charge in [-0.25, -0.2) is 9.10 Å². The van der Waals surface area contributed by atoms with Crippen molar-refractivity contribution in [3.05, 3.63) is 46.8 Å². The molecule has 1 saturated heterocycles. The van der Waals surface area contributed by atoms with Crippen LogP contribution in [-0.4, -0.2) is 74.5 Å². The third-order valence-corrected chi connectivity index (χ3v) is 13.5. The molecule has 2 aliphatic heterocycles. The van der Waals surface area contributed by atoms with Crippen molar-refractivity contribution in [1.29, 1.82) is 0 Å². The minimum Gasteiger partial charge on any atom is -0.464 e. The Hall–Kier alpha value is -2.68. The number of carbonyl (C=O) groups excluding carboxylic acids is 4. The first-order valence-electron chi connectivity index (χ1n) is 12.2. The Morgan fingerprint density at radius 1 is 1.08 bits per heavy atom. The number of hydrogen-bond donors (Lipinski definition) is 0. The smallest absolute Gasteiger partial charge is 0.358 e. The minimum atomic E-state index is -4.06. The Morgan fingerprint density at radius 3 is 2.03 bits per heavy atom. The molecule has 11 nitrogen and oxygen atoms in total. The van der Waals surface area contributed by atoms with Gasteiger partial charge in [0, 0.05) is 0 Å². The Labute approximate surface area is 234 Å². The molecule has 0 radical (unpaired) electrons. The highest BCUT2D eigenvalue weighted by Crippen LogP contribution is 2.47. The lowest BCUT2D eigenvalue weighted by atomic mass is 9.92. The fraction of sp³-hybridized carbons (Fsp3) is 0.520. The van der Waals surface area contributed by atoms with Crippen molar-refractivity contribution in [2.24, 2.45) is 5.92 Å². The molecule has 0 spiro atoms. The number of ether oxygens (including phenoxy) is 1. The highest BCUT2D eigenvalue weighted by atomic mass is 32.2. The van der Waals surface area contributed by atoms with Gasteiger partial charge in [-0.1, -0.05) is 32.9 Å². The van der Waals surface area contributed by atoms with Gasteiger partial charge in [-0.3, -0.25) is 19.3 Å². The number of rotatable bonds is 9. The molecule has 214 valence electrons. The van der Waals surface area contributed by atoms with Crippen LogP contribution in [0.4, 0.5) is 0 Å². The SMILES string of the molecule is COC(=O)/C(=C(\C)OS(C)(=O)=O)N1C(=O)[C@H]([C@@H](C)O[Si](C)(C)C(C)(C)C)[C@H]1SN1C(=O)c2ccccc2C1=O. The number of allylic oxidation sites excluding steroid dienone is 1. The zero-order valence-corrected chi connectivity index (χ0v) is 26.1. The Bertz CT molecular complexity index is 1320. The van der Waals surface area contributed by atoms with Crippen molar-refractivity contribution >= 4 is 54.1 Å². The molecular weight excluding hydrogens is 565 g/mol. The van der Waals surface area contributed by atoms with Crippen LogP contribution in [0.25, 0.3) is 0 Å². The van der Waals surface area contributed by atoms with E-state index < -0.39 is 65.2 Å². The predicted octanol–water partition coefficient (Wildman–Crippen LogP) is 3.51. The molecule has 2 heterocycles. The average molecular weight is 599 g/mol. The average Bonchev–Trinajstić information content (AvgIpc) is 3.04. The van der Waals surface area contributed by atoms with Gasteiger partial charge in [0.25, 0.3) is 11.8 Å². The molecular formula is C25H34N2O9S2Si. The topological polar surface area (TPSA) is 137 Å². The van der Waals surface area contributed by atoms with E-state index >= 15 is 0 Å². The molecule has 0 bridgehead atoms. The van der Waals surface area contributed by atoms with Gasteiger partial charge in [0.1, 0.15) is 11.1 Å². The van der Waals surface area contributed by atoms with Gasteiger partial charge in [-0.2, -0.15) is 8.42 Å². The number of likely N-dealkylation sites (tertiary alicyclic amines) is 1. The lowest BCUT2D eigenvalue weighted by Gasteiger charge is -2.51. The lowest BCUT2D eigenvalue weighted by molar-refractivity contribution is -0.158. The summed E-state index contributed by atoms with van der Waals surface area (Å²) in [6.07, 6.45) is 0.143. The highest BCUT2D eigenvalue weighted by molar-refractivity contribution is 7.98. The van der Waals surface area contributed by atoms with E-state index in [1.165, 1.54) is 19.1 Å². The van der Waals surface area contributed by atoms with E-state index in [1.807, 2.05) is 13.1 Å². The normalized spacial score (nSPS) is 21.3. The van der Waals surface area contributed by atoms with Crippen LogP contribution < -0.4 is 0 Å². The molecule has 0 N–H and O–H groups in total. The maximum Gasteiger partial charge on any atom is 0.358 e. The third kappa shape index (κ3) is 5.93. The van der Waals surface area contributed by atoms with Crippen molar-refractivity contribution in [1.82, 2.24) is 9.21 Å². The zero-order chi connectivity index (χ0) is 29.7. The first-order valence-corrected chi connectivity index (χ1v) is 17.7. The van der Waals surface area contributed by atoms with E-state index in [9.17, 15) is 27.6 Å². The quantitative estimate of drug-likeness (QED) is 0.0607. The Morgan fingerprint density at radius 2 is 1.59 bits per heavy atom. The summed E-state index contributed by atoms with van der Waals surface area (Å²) in [4.78, 5) is 53.8. The van der Waals surface area contributed by atoms with Crippen molar-refractivity contribution in [2.45, 2.75) is 64.2 Å². The number of fused-ring (bicyclic) bond motifs is 1. The number of β-lactam (4-membered cyclic amide) rings is 1. The van der Waals surface area contributed by atoms with Crippen LogP contribution in [-0.2, 0) is 33.1 Å². The fourth-order valence-corrected chi connectivity index (χ4v) is 7.47. The highest BCUT2D eigenvalue weighted by Gasteiger charge is 2.58. The van der Waals surface area contributed by atoms with Gasteiger partial charge in [-0.15, -0.1) is 0 Å². The summed E-state index contributed by atoms with van der Waals surface area (Å²) in [5.74, 6) is -3.98. The Balaban J connectivity index is 2.07. The molecule has 39 heavy (non-hydrogen) atoms. The van der Waals surface area contributed by atoms with Crippen LogP contribution in [0, 0.1) is 5.92 Å². The number of benzene rings is 1. The maximum absolute atomic E-state index is 13.6. The zero-order valence-electron chi connectivity index (χ0n) is 23.4. The molecule has 0 unspecified atom stereocenters. The van der Waals surface area contributed by atoms with Crippen LogP contribution >= 0.6 is 11.9 Å². The van der Waals surface area contributed by atoms with Gasteiger partial charge in [0.2, 0.25) is 5.91 Å². The largest absolute Gasteiger partial charge is 0.464 e. The van der Waals surface area contributed by atoms with Gasteiger partial charge in [0.05, 0.1) is 36.5 Å². The number of carbonyl (C=O) groups is 4. The summed E-state index contributed by atoms with van der Waals surface area (Å²) in [5.41, 5.74) is -0.0119.